The number of rotatable bonds is 10. The molecule has 0 aromatic heterocycles. The summed E-state index contributed by atoms with van der Waals surface area (Å²) >= 11 is 0. The van der Waals surface area contributed by atoms with E-state index in [1.165, 1.54) is 0 Å². The molecule has 0 aliphatic carbocycles. The van der Waals surface area contributed by atoms with Crippen molar-refractivity contribution in [1.82, 2.24) is 0 Å². The highest BCUT2D eigenvalue weighted by Crippen LogP contribution is 2.26. The van der Waals surface area contributed by atoms with Crippen LogP contribution in [0.1, 0.15) is 33.5 Å². The van der Waals surface area contributed by atoms with Gasteiger partial charge in [0.1, 0.15) is 24.7 Å². The van der Waals surface area contributed by atoms with Crippen molar-refractivity contribution in [2.75, 3.05) is 0 Å². The zero-order valence-electron chi connectivity index (χ0n) is 17.9. The first kappa shape index (κ1) is 21.4. The van der Waals surface area contributed by atoms with Gasteiger partial charge in [-0.2, -0.15) is 0 Å². The topological polar surface area (TPSA) is 35.5 Å². The molecular formula is C29H26O3. The third kappa shape index (κ3) is 6.32. The van der Waals surface area contributed by atoms with E-state index in [1.54, 1.807) is 0 Å². The third-order valence-corrected chi connectivity index (χ3v) is 5.18. The lowest BCUT2D eigenvalue weighted by Crippen LogP contribution is -2.04. The first-order chi connectivity index (χ1) is 15.8. The molecule has 32 heavy (non-hydrogen) atoms. The molecular weight excluding hydrogens is 396 g/mol. The fourth-order valence-corrected chi connectivity index (χ4v) is 3.43. The molecule has 4 rings (SSSR count). The number of ether oxygens (including phenoxy) is 2. The van der Waals surface area contributed by atoms with E-state index in [2.05, 4.69) is 0 Å². The largest absolute Gasteiger partial charge is 0.489 e. The van der Waals surface area contributed by atoms with Gasteiger partial charge >= 0.3 is 0 Å². The van der Waals surface area contributed by atoms with Crippen LogP contribution in [0.2, 0.25) is 0 Å². The number of Topliss-reactive ketones (excluding diaryl/α,β-unsaturated/α-hetero) is 1. The molecule has 0 fully saturated rings. The smallest absolute Gasteiger partial charge is 0.163 e. The van der Waals surface area contributed by atoms with E-state index >= 15 is 0 Å². The van der Waals surface area contributed by atoms with Crippen molar-refractivity contribution in [1.29, 1.82) is 0 Å². The van der Waals surface area contributed by atoms with Gasteiger partial charge in [-0.25, -0.2) is 0 Å². The second kappa shape index (κ2) is 11.0. The predicted octanol–water partition coefficient (Wildman–Crippen LogP) is 6.66. The maximum atomic E-state index is 13.0. The summed E-state index contributed by atoms with van der Waals surface area (Å²) in [5.74, 6) is 1.33. The molecule has 0 atom stereocenters. The van der Waals surface area contributed by atoms with E-state index in [0.717, 1.165) is 16.7 Å². The maximum Gasteiger partial charge on any atom is 0.163 e. The second-order valence-electron chi connectivity index (χ2n) is 7.65. The first-order valence-electron chi connectivity index (χ1n) is 10.8. The Balaban J connectivity index is 1.49. The van der Waals surface area contributed by atoms with Gasteiger partial charge in [-0.1, -0.05) is 91.0 Å². The third-order valence-electron chi connectivity index (χ3n) is 5.18. The van der Waals surface area contributed by atoms with Crippen LogP contribution in [0.15, 0.2) is 109 Å². The van der Waals surface area contributed by atoms with Gasteiger partial charge in [-0.15, -0.1) is 0 Å². The molecule has 4 aromatic carbocycles. The number of hydrogen-bond donors (Lipinski definition) is 0. The Morgan fingerprint density at radius 3 is 1.47 bits per heavy atom. The highest BCUT2D eigenvalue weighted by Gasteiger charge is 2.12. The highest BCUT2D eigenvalue weighted by molar-refractivity contribution is 5.97. The van der Waals surface area contributed by atoms with Crippen LogP contribution >= 0.6 is 0 Å². The minimum Gasteiger partial charge on any atom is -0.489 e. The Hall–Kier alpha value is -3.85. The molecule has 3 heteroatoms. The zero-order chi connectivity index (χ0) is 22.0. The molecule has 160 valence electrons. The number of benzene rings is 4. The monoisotopic (exact) mass is 422 g/mol. The standard InChI is InChI=1S/C29H26O3/c30-29(17-16-23-10-4-1-5-11-23)26-18-27(31-21-24-12-6-2-7-13-24)20-28(19-26)32-22-25-14-8-3-9-15-25/h1-15,18-20H,16-17,21-22H2. The molecule has 0 unspecified atom stereocenters. The van der Waals surface area contributed by atoms with E-state index in [1.807, 2.05) is 109 Å². The van der Waals surface area contributed by atoms with Gasteiger partial charge < -0.3 is 9.47 Å². The van der Waals surface area contributed by atoms with Crippen molar-refractivity contribution in [2.45, 2.75) is 26.1 Å². The summed E-state index contributed by atoms with van der Waals surface area (Å²) in [4.78, 5) is 13.0. The summed E-state index contributed by atoms with van der Waals surface area (Å²) in [5.41, 5.74) is 3.90. The molecule has 0 aliphatic heterocycles. The minimum absolute atomic E-state index is 0.0728. The van der Waals surface area contributed by atoms with E-state index in [4.69, 9.17) is 9.47 Å². The minimum atomic E-state index is 0.0728. The van der Waals surface area contributed by atoms with E-state index < -0.39 is 0 Å². The Kier molecular flexibility index (Phi) is 7.33. The molecule has 0 radical (unpaired) electrons. The van der Waals surface area contributed by atoms with Crippen molar-refractivity contribution >= 4 is 5.78 Å². The second-order valence-corrected chi connectivity index (χ2v) is 7.65. The van der Waals surface area contributed by atoms with Crippen LogP contribution < -0.4 is 9.47 Å². The van der Waals surface area contributed by atoms with Crippen molar-refractivity contribution in [3.63, 3.8) is 0 Å². The lowest BCUT2D eigenvalue weighted by Gasteiger charge is -2.13. The SMILES string of the molecule is O=C(CCc1ccccc1)c1cc(OCc2ccccc2)cc(OCc2ccccc2)c1. The lowest BCUT2D eigenvalue weighted by molar-refractivity contribution is 0.0982. The average Bonchev–Trinajstić information content (AvgIpc) is 2.86. The first-order valence-corrected chi connectivity index (χ1v) is 10.8. The molecule has 0 N–H and O–H groups in total. The van der Waals surface area contributed by atoms with Gasteiger partial charge in [0, 0.05) is 18.1 Å². The van der Waals surface area contributed by atoms with Crippen LogP contribution in [0, 0.1) is 0 Å². The van der Waals surface area contributed by atoms with Crippen molar-refractivity contribution in [3.8, 4) is 11.5 Å². The summed E-state index contributed by atoms with van der Waals surface area (Å²) in [6.07, 6.45) is 1.14. The van der Waals surface area contributed by atoms with Crippen LogP contribution in [0.25, 0.3) is 0 Å². The molecule has 0 heterocycles. The molecule has 0 aliphatic rings. The van der Waals surface area contributed by atoms with Gasteiger partial charge in [0.15, 0.2) is 5.78 Å². The maximum absolute atomic E-state index is 13.0. The van der Waals surface area contributed by atoms with E-state index in [9.17, 15) is 4.79 Å². The normalized spacial score (nSPS) is 10.5. The quantitative estimate of drug-likeness (QED) is 0.268. The fraction of sp³-hybridized carbons (Fsp3) is 0.138. The van der Waals surface area contributed by atoms with Crippen LogP contribution in [0.4, 0.5) is 0 Å². The van der Waals surface area contributed by atoms with Crippen LogP contribution in [-0.4, -0.2) is 5.78 Å². The van der Waals surface area contributed by atoms with Gasteiger partial charge in [0.05, 0.1) is 0 Å². The summed E-state index contributed by atoms with van der Waals surface area (Å²) in [6.45, 7) is 0.862. The molecule has 0 bridgehead atoms. The van der Waals surface area contributed by atoms with Crippen molar-refractivity contribution in [2.24, 2.45) is 0 Å². The predicted molar refractivity (Wildman–Crippen MR) is 127 cm³/mol. The number of aryl methyl sites for hydroxylation is 1. The molecule has 3 nitrogen and oxygen atoms in total. The number of carbonyl (C=O) groups excluding carboxylic acids is 1. The summed E-state index contributed by atoms with van der Waals surface area (Å²) < 4.78 is 12.0. The lowest BCUT2D eigenvalue weighted by atomic mass is 10.0. The molecule has 4 aromatic rings. The summed E-state index contributed by atoms with van der Waals surface area (Å²) in [6, 6.07) is 35.5. The zero-order valence-corrected chi connectivity index (χ0v) is 17.9. The van der Waals surface area contributed by atoms with Gasteiger partial charge in [-0.05, 0) is 35.2 Å². The van der Waals surface area contributed by atoms with Gasteiger partial charge in [-0.3, -0.25) is 4.79 Å². The van der Waals surface area contributed by atoms with E-state index in [-0.39, 0.29) is 5.78 Å². The molecule has 0 spiro atoms. The average molecular weight is 423 g/mol. The van der Waals surface area contributed by atoms with Crippen LogP contribution in [-0.2, 0) is 19.6 Å². The fourth-order valence-electron chi connectivity index (χ4n) is 3.43. The van der Waals surface area contributed by atoms with Gasteiger partial charge in [0.25, 0.3) is 0 Å². The van der Waals surface area contributed by atoms with Gasteiger partial charge in [0.2, 0.25) is 0 Å². The summed E-state index contributed by atoms with van der Waals surface area (Å²) in [5, 5.41) is 0. The van der Waals surface area contributed by atoms with E-state index in [0.29, 0.717) is 43.1 Å². The van der Waals surface area contributed by atoms with Crippen LogP contribution in [0.5, 0.6) is 11.5 Å². The Morgan fingerprint density at radius 2 is 1.00 bits per heavy atom. The Bertz CT molecular complexity index is 1060. The Morgan fingerprint density at radius 1 is 0.562 bits per heavy atom. The summed E-state index contributed by atoms with van der Waals surface area (Å²) in [7, 11) is 0. The van der Waals surface area contributed by atoms with Crippen LogP contribution in [0.3, 0.4) is 0 Å². The molecule has 0 amide bonds. The molecule has 0 saturated heterocycles. The number of ketones is 1. The number of hydrogen-bond acceptors (Lipinski definition) is 3. The highest BCUT2D eigenvalue weighted by atomic mass is 16.5. The number of carbonyl (C=O) groups is 1. The van der Waals surface area contributed by atoms with Crippen molar-refractivity contribution in [3.05, 3.63) is 131 Å². The Labute approximate surface area is 189 Å². The molecule has 0 saturated carbocycles. The van der Waals surface area contributed by atoms with Crippen molar-refractivity contribution < 1.29 is 14.3 Å².